The molecule has 0 rings (SSSR count). The second-order valence-corrected chi connectivity index (χ2v) is 7.48. The third kappa shape index (κ3) is 4.51. The molecule has 0 N–H and O–H groups in total. The van der Waals surface area contributed by atoms with Crippen LogP contribution in [0.1, 0.15) is 47.5 Å². The zero-order valence-electron chi connectivity index (χ0n) is 10.8. The second-order valence-electron chi connectivity index (χ2n) is 4.93. The Morgan fingerprint density at radius 3 is 1.80 bits per heavy atom. The lowest BCUT2D eigenvalue weighted by molar-refractivity contribution is 0.346. The van der Waals surface area contributed by atoms with Gasteiger partial charge in [0.1, 0.15) is 0 Å². The van der Waals surface area contributed by atoms with Crippen LogP contribution >= 0.6 is 0 Å². The average Bonchev–Trinajstić information content (AvgIpc) is 2.12. The maximum Gasteiger partial charge on any atom is 0.216 e. The first-order valence-electron chi connectivity index (χ1n) is 5.66. The SMILES string of the molecule is CC(C)CC[C@@H](C)N(C)S(=O)(=O)C(C)C. The Bertz CT molecular complexity index is 270. The van der Waals surface area contributed by atoms with E-state index in [2.05, 4.69) is 13.8 Å². The summed E-state index contributed by atoms with van der Waals surface area (Å²) < 4.78 is 25.2. The Hall–Kier alpha value is -0.0900. The highest BCUT2D eigenvalue weighted by atomic mass is 32.2. The predicted molar refractivity (Wildman–Crippen MR) is 65.4 cm³/mol. The smallest absolute Gasteiger partial charge is 0.212 e. The summed E-state index contributed by atoms with van der Waals surface area (Å²) in [7, 11) is -1.41. The van der Waals surface area contributed by atoms with E-state index >= 15 is 0 Å². The molecular formula is C11H25NO2S. The molecule has 0 amide bonds. The van der Waals surface area contributed by atoms with Gasteiger partial charge in [-0.15, -0.1) is 0 Å². The van der Waals surface area contributed by atoms with Gasteiger partial charge in [-0.05, 0) is 39.5 Å². The van der Waals surface area contributed by atoms with Crippen molar-refractivity contribution in [2.75, 3.05) is 7.05 Å². The van der Waals surface area contributed by atoms with Crippen molar-refractivity contribution >= 4 is 10.0 Å². The largest absolute Gasteiger partial charge is 0.216 e. The third-order valence-electron chi connectivity index (χ3n) is 2.78. The average molecular weight is 235 g/mol. The molecule has 0 aromatic carbocycles. The highest BCUT2D eigenvalue weighted by Gasteiger charge is 2.26. The fourth-order valence-corrected chi connectivity index (χ4v) is 2.61. The highest BCUT2D eigenvalue weighted by molar-refractivity contribution is 7.89. The summed E-state index contributed by atoms with van der Waals surface area (Å²) in [5, 5.41) is -0.330. The van der Waals surface area contributed by atoms with Gasteiger partial charge in [-0.25, -0.2) is 12.7 Å². The normalized spacial score (nSPS) is 15.3. The molecule has 0 bridgehead atoms. The molecule has 0 saturated carbocycles. The van der Waals surface area contributed by atoms with E-state index < -0.39 is 10.0 Å². The summed E-state index contributed by atoms with van der Waals surface area (Å²) in [6.07, 6.45) is 2.00. The summed E-state index contributed by atoms with van der Waals surface area (Å²) in [6, 6.07) is 0.0970. The van der Waals surface area contributed by atoms with Crippen molar-refractivity contribution in [2.24, 2.45) is 5.92 Å². The standard InChI is InChI=1S/C11H25NO2S/c1-9(2)7-8-11(5)12(6)15(13,14)10(3)4/h9-11H,7-8H2,1-6H3/t11-/m1/s1. The Morgan fingerprint density at radius 2 is 1.47 bits per heavy atom. The molecule has 0 aromatic rings. The van der Waals surface area contributed by atoms with Gasteiger partial charge in [-0.2, -0.15) is 0 Å². The van der Waals surface area contributed by atoms with Crippen LogP contribution in [0.4, 0.5) is 0 Å². The molecule has 3 nitrogen and oxygen atoms in total. The predicted octanol–water partition coefficient (Wildman–Crippen LogP) is 2.48. The maximum atomic E-state index is 11.8. The van der Waals surface area contributed by atoms with Crippen LogP contribution in [0.3, 0.4) is 0 Å². The molecule has 1 atom stereocenters. The van der Waals surface area contributed by atoms with Crippen molar-refractivity contribution in [2.45, 2.75) is 58.8 Å². The van der Waals surface area contributed by atoms with Gasteiger partial charge in [0.2, 0.25) is 10.0 Å². The Labute approximate surface area is 94.9 Å². The van der Waals surface area contributed by atoms with E-state index in [4.69, 9.17) is 0 Å². The van der Waals surface area contributed by atoms with Crippen LogP contribution < -0.4 is 0 Å². The summed E-state index contributed by atoms with van der Waals surface area (Å²) in [4.78, 5) is 0. The molecule has 4 heteroatoms. The molecule has 0 aliphatic rings. The zero-order chi connectivity index (χ0) is 12.2. The van der Waals surface area contributed by atoms with E-state index in [9.17, 15) is 8.42 Å². The second kappa shape index (κ2) is 5.85. The summed E-state index contributed by atoms with van der Waals surface area (Å²) in [5.74, 6) is 0.627. The quantitative estimate of drug-likeness (QED) is 0.709. The molecule has 0 aromatic heterocycles. The maximum absolute atomic E-state index is 11.8. The summed E-state index contributed by atoms with van der Waals surface area (Å²) in [6.45, 7) is 9.73. The monoisotopic (exact) mass is 235 g/mol. The minimum atomic E-state index is -3.09. The van der Waals surface area contributed by atoms with Crippen LogP contribution in [-0.4, -0.2) is 31.1 Å². The van der Waals surface area contributed by atoms with Crippen molar-refractivity contribution in [3.05, 3.63) is 0 Å². The lowest BCUT2D eigenvalue weighted by Gasteiger charge is -2.26. The van der Waals surface area contributed by atoms with Gasteiger partial charge in [0, 0.05) is 13.1 Å². The molecule has 0 fully saturated rings. The molecule has 0 unspecified atom stereocenters. The Morgan fingerprint density at radius 1 is 1.00 bits per heavy atom. The minimum absolute atomic E-state index is 0.0970. The van der Waals surface area contributed by atoms with Gasteiger partial charge in [0.25, 0.3) is 0 Å². The van der Waals surface area contributed by atoms with Gasteiger partial charge in [0.05, 0.1) is 5.25 Å². The van der Waals surface area contributed by atoms with Crippen LogP contribution in [0, 0.1) is 5.92 Å². The highest BCUT2D eigenvalue weighted by Crippen LogP contribution is 2.16. The molecule has 0 aliphatic heterocycles. The minimum Gasteiger partial charge on any atom is -0.212 e. The van der Waals surface area contributed by atoms with Crippen LogP contribution in [0.2, 0.25) is 0 Å². The van der Waals surface area contributed by atoms with E-state index in [-0.39, 0.29) is 11.3 Å². The molecule has 0 radical (unpaired) electrons. The molecule has 0 aliphatic carbocycles. The van der Waals surface area contributed by atoms with Gasteiger partial charge < -0.3 is 0 Å². The third-order valence-corrected chi connectivity index (χ3v) is 5.13. The summed E-state index contributed by atoms with van der Waals surface area (Å²) >= 11 is 0. The van der Waals surface area contributed by atoms with Crippen molar-refractivity contribution in [1.82, 2.24) is 4.31 Å². The number of hydrogen-bond donors (Lipinski definition) is 0. The van der Waals surface area contributed by atoms with Crippen molar-refractivity contribution < 1.29 is 8.42 Å². The molecule has 0 heterocycles. The van der Waals surface area contributed by atoms with Crippen LogP contribution in [-0.2, 0) is 10.0 Å². The van der Waals surface area contributed by atoms with Gasteiger partial charge >= 0.3 is 0 Å². The fourth-order valence-electron chi connectivity index (χ4n) is 1.34. The van der Waals surface area contributed by atoms with Crippen molar-refractivity contribution in [1.29, 1.82) is 0 Å². The first kappa shape index (κ1) is 14.9. The number of hydrogen-bond acceptors (Lipinski definition) is 2. The number of rotatable bonds is 6. The molecule has 0 spiro atoms. The van der Waals surface area contributed by atoms with Gasteiger partial charge in [-0.3, -0.25) is 0 Å². The topological polar surface area (TPSA) is 37.4 Å². The van der Waals surface area contributed by atoms with Gasteiger partial charge in [-0.1, -0.05) is 13.8 Å². The van der Waals surface area contributed by atoms with E-state index in [1.54, 1.807) is 20.9 Å². The summed E-state index contributed by atoms with van der Waals surface area (Å²) in [5.41, 5.74) is 0. The molecule has 15 heavy (non-hydrogen) atoms. The fraction of sp³-hybridized carbons (Fsp3) is 1.00. The molecule has 0 saturated heterocycles. The van der Waals surface area contributed by atoms with Gasteiger partial charge in [0.15, 0.2) is 0 Å². The van der Waals surface area contributed by atoms with Crippen molar-refractivity contribution in [3.8, 4) is 0 Å². The Balaban J connectivity index is 4.38. The number of nitrogens with zero attached hydrogens (tertiary/aromatic N) is 1. The van der Waals surface area contributed by atoms with E-state index in [0.717, 1.165) is 12.8 Å². The van der Waals surface area contributed by atoms with E-state index in [1.807, 2.05) is 6.92 Å². The van der Waals surface area contributed by atoms with Crippen LogP contribution in [0.25, 0.3) is 0 Å². The van der Waals surface area contributed by atoms with Crippen LogP contribution in [0.5, 0.6) is 0 Å². The van der Waals surface area contributed by atoms with Crippen LogP contribution in [0.15, 0.2) is 0 Å². The first-order valence-corrected chi connectivity index (χ1v) is 7.16. The molecule has 92 valence electrons. The van der Waals surface area contributed by atoms with E-state index in [0.29, 0.717) is 5.92 Å². The number of sulfonamides is 1. The lowest BCUT2D eigenvalue weighted by Crippen LogP contribution is -2.39. The first-order chi connectivity index (χ1) is 6.69. The molecular weight excluding hydrogens is 210 g/mol. The zero-order valence-corrected chi connectivity index (χ0v) is 11.6. The van der Waals surface area contributed by atoms with Crippen molar-refractivity contribution in [3.63, 3.8) is 0 Å². The lowest BCUT2D eigenvalue weighted by atomic mass is 10.0. The Kier molecular flexibility index (Phi) is 5.81. The van der Waals surface area contributed by atoms with E-state index in [1.165, 1.54) is 4.31 Å².